The number of phenols is 1. The van der Waals surface area contributed by atoms with E-state index in [1.807, 2.05) is 38.1 Å². The molecule has 0 aliphatic heterocycles. The molecule has 0 amide bonds. The Morgan fingerprint density at radius 3 is 2.53 bits per heavy atom. The summed E-state index contributed by atoms with van der Waals surface area (Å²) in [6, 6.07) is 10.8. The van der Waals surface area contributed by atoms with Crippen LogP contribution in [0, 0.1) is 6.92 Å². The van der Waals surface area contributed by atoms with Gasteiger partial charge in [-0.05, 0) is 49.2 Å². The van der Waals surface area contributed by atoms with Crippen LogP contribution in [0.3, 0.4) is 0 Å². The van der Waals surface area contributed by atoms with Crippen LogP contribution in [0.1, 0.15) is 24.1 Å². The first-order valence-electron chi connectivity index (χ1n) is 5.98. The van der Waals surface area contributed by atoms with Gasteiger partial charge in [-0.15, -0.1) is 0 Å². The summed E-state index contributed by atoms with van der Waals surface area (Å²) in [5, 5.41) is 14.1. The number of aromatic hydroxyl groups is 1. The van der Waals surface area contributed by atoms with Gasteiger partial charge in [0.2, 0.25) is 0 Å². The van der Waals surface area contributed by atoms with Crippen molar-refractivity contribution in [2.45, 2.75) is 19.9 Å². The third-order valence-electron chi connectivity index (χ3n) is 2.99. The van der Waals surface area contributed by atoms with Crippen LogP contribution in [0.4, 0.5) is 5.69 Å². The monoisotopic (exact) mass is 295 g/mol. The third-order valence-corrected chi connectivity index (χ3v) is 3.71. The standard InChI is InChI=1S/C15H15Cl2NO/c1-9-6-14(17)15(8-13(9)16)18-10(2)11-4-3-5-12(19)7-11/h3-8,10,18-19H,1-2H3. The molecule has 4 heteroatoms. The molecule has 2 aromatic carbocycles. The lowest BCUT2D eigenvalue weighted by Crippen LogP contribution is -2.07. The maximum Gasteiger partial charge on any atom is 0.115 e. The molecule has 1 unspecified atom stereocenters. The van der Waals surface area contributed by atoms with Crippen molar-refractivity contribution in [3.05, 3.63) is 57.6 Å². The van der Waals surface area contributed by atoms with E-state index in [1.54, 1.807) is 12.1 Å². The molecule has 0 heterocycles. The smallest absolute Gasteiger partial charge is 0.115 e. The van der Waals surface area contributed by atoms with Gasteiger partial charge in [0, 0.05) is 11.1 Å². The molecule has 0 saturated carbocycles. The van der Waals surface area contributed by atoms with E-state index < -0.39 is 0 Å². The second-order valence-corrected chi connectivity index (χ2v) is 5.36. The number of nitrogens with one attached hydrogen (secondary N) is 1. The number of anilines is 1. The molecule has 2 N–H and O–H groups in total. The van der Waals surface area contributed by atoms with E-state index in [4.69, 9.17) is 23.2 Å². The molecule has 0 spiro atoms. The zero-order valence-corrected chi connectivity index (χ0v) is 12.3. The summed E-state index contributed by atoms with van der Waals surface area (Å²) in [4.78, 5) is 0. The van der Waals surface area contributed by atoms with Gasteiger partial charge < -0.3 is 10.4 Å². The van der Waals surface area contributed by atoms with Gasteiger partial charge >= 0.3 is 0 Å². The Labute approximate surface area is 123 Å². The minimum Gasteiger partial charge on any atom is -0.508 e. The van der Waals surface area contributed by atoms with Gasteiger partial charge in [0.25, 0.3) is 0 Å². The SMILES string of the molecule is Cc1cc(Cl)c(NC(C)c2cccc(O)c2)cc1Cl. The molecule has 2 nitrogen and oxygen atoms in total. The number of hydrogen-bond acceptors (Lipinski definition) is 2. The molecule has 0 fully saturated rings. The topological polar surface area (TPSA) is 32.3 Å². The number of hydrogen-bond donors (Lipinski definition) is 2. The van der Waals surface area contributed by atoms with Gasteiger partial charge in [0.05, 0.1) is 10.7 Å². The van der Waals surface area contributed by atoms with Crippen LogP contribution in [0.25, 0.3) is 0 Å². The summed E-state index contributed by atoms with van der Waals surface area (Å²) >= 11 is 12.3. The van der Waals surface area contributed by atoms with E-state index in [0.29, 0.717) is 10.0 Å². The van der Waals surface area contributed by atoms with Crippen molar-refractivity contribution in [2.75, 3.05) is 5.32 Å². The molecule has 0 bridgehead atoms. The van der Waals surface area contributed by atoms with Crippen molar-refractivity contribution >= 4 is 28.9 Å². The fraction of sp³-hybridized carbons (Fsp3) is 0.200. The average molecular weight is 296 g/mol. The zero-order chi connectivity index (χ0) is 14.0. The maximum atomic E-state index is 9.49. The van der Waals surface area contributed by atoms with Gasteiger partial charge in [-0.3, -0.25) is 0 Å². The zero-order valence-electron chi connectivity index (χ0n) is 10.7. The summed E-state index contributed by atoms with van der Waals surface area (Å²) in [7, 11) is 0. The van der Waals surface area contributed by atoms with Gasteiger partial charge in [-0.2, -0.15) is 0 Å². The highest BCUT2D eigenvalue weighted by molar-refractivity contribution is 6.35. The maximum absolute atomic E-state index is 9.49. The Kier molecular flexibility index (Phi) is 4.23. The summed E-state index contributed by atoms with van der Waals surface area (Å²) in [5.41, 5.74) is 2.71. The predicted octanol–water partition coefficient (Wildman–Crippen LogP) is 5.18. The molecular weight excluding hydrogens is 281 g/mol. The largest absolute Gasteiger partial charge is 0.508 e. The normalized spacial score (nSPS) is 12.2. The molecule has 0 aromatic heterocycles. The Morgan fingerprint density at radius 1 is 1.11 bits per heavy atom. The lowest BCUT2D eigenvalue weighted by atomic mass is 10.1. The minimum absolute atomic E-state index is 0.0170. The number of halogens is 2. The number of benzene rings is 2. The molecule has 0 saturated heterocycles. The van der Waals surface area contributed by atoms with Gasteiger partial charge in [0.15, 0.2) is 0 Å². The lowest BCUT2D eigenvalue weighted by molar-refractivity contribution is 0.474. The van der Waals surface area contributed by atoms with Crippen molar-refractivity contribution in [1.29, 1.82) is 0 Å². The molecule has 19 heavy (non-hydrogen) atoms. The minimum atomic E-state index is 0.0170. The van der Waals surface area contributed by atoms with Crippen molar-refractivity contribution in [2.24, 2.45) is 0 Å². The molecule has 0 aliphatic carbocycles. The number of aryl methyl sites for hydroxylation is 1. The van der Waals surface area contributed by atoms with Crippen LogP contribution >= 0.6 is 23.2 Å². The third kappa shape index (κ3) is 3.34. The molecule has 100 valence electrons. The fourth-order valence-corrected chi connectivity index (χ4v) is 2.30. The quantitative estimate of drug-likeness (QED) is 0.818. The Hall–Kier alpha value is -1.38. The van der Waals surface area contributed by atoms with Crippen LogP contribution in [0.2, 0.25) is 10.0 Å². The second kappa shape index (κ2) is 5.72. The summed E-state index contributed by atoms with van der Waals surface area (Å²) in [6.07, 6.45) is 0. The highest BCUT2D eigenvalue weighted by Crippen LogP contribution is 2.31. The molecule has 0 aliphatic rings. The summed E-state index contributed by atoms with van der Waals surface area (Å²) in [6.45, 7) is 3.91. The van der Waals surface area contributed by atoms with Crippen molar-refractivity contribution in [3.63, 3.8) is 0 Å². The average Bonchev–Trinajstić information content (AvgIpc) is 2.36. The van der Waals surface area contributed by atoms with Crippen LogP contribution in [-0.2, 0) is 0 Å². The van der Waals surface area contributed by atoms with Gasteiger partial charge in [-0.1, -0.05) is 35.3 Å². The Bertz CT molecular complexity index is 599. The number of phenolic OH excluding ortho intramolecular Hbond substituents is 1. The summed E-state index contributed by atoms with van der Waals surface area (Å²) < 4.78 is 0. The summed E-state index contributed by atoms with van der Waals surface area (Å²) in [5.74, 6) is 0.249. The Balaban J connectivity index is 2.24. The van der Waals surface area contributed by atoms with Gasteiger partial charge in [0.1, 0.15) is 5.75 Å². The Morgan fingerprint density at radius 2 is 1.84 bits per heavy atom. The highest BCUT2D eigenvalue weighted by Gasteiger charge is 2.10. The molecule has 0 radical (unpaired) electrons. The van der Waals surface area contributed by atoms with Gasteiger partial charge in [-0.25, -0.2) is 0 Å². The predicted molar refractivity (Wildman–Crippen MR) is 81.3 cm³/mol. The van der Waals surface area contributed by atoms with Crippen LogP contribution in [0.5, 0.6) is 5.75 Å². The molecule has 2 rings (SSSR count). The van der Waals surface area contributed by atoms with Crippen molar-refractivity contribution < 1.29 is 5.11 Å². The first-order chi connectivity index (χ1) is 8.97. The first-order valence-corrected chi connectivity index (χ1v) is 6.74. The van der Waals surface area contributed by atoms with E-state index in [9.17, 15) is 5.11 Å². The van der Waals surface area contributed by atoms with E-state index in [-0.39, 0.29) is 11.8 Å². The second-order valence-electron chi connectivity index (χ2n) is 4.54. The van der Waals surface area contributed by atoms with Crippen LogP contribution in [-0.4, -0.2) is 5.11 Å². The molecular formula is C15H15Cl2NO. The van der Waals surface area contributed by atoms with Crippen molar-refractivity contribution in [1.82, 2.24) is 0 Å². The lowest BCUT2D eigenvalue weighted by Gasteiger charge is -2.17. The highest BCUT2D eigenvalue weighted by atomic mass is 35.5. The van der Waals surface area contributed by atoms with Crippen LogP contribution < -0.4 is 5.32 Å². The first kappa shape index (κ1) is 14.0. The van der Waals surface area contributed by atoms with E-state index in [2.05, 4.69) is 5.32 Å². The van der Waals surface area contributed by atoms with E-state index >= 15 is 0 Å². The molecule has 1 atom stereocenters. The number of rotatable bonds is 3. The fourth-order valence-electron chi connectivity index (χ4n) is 1.87. The van der Waals surface area contributed by atoms with Crippen molar-refractivity contribution in [3.8, 4) is 5.75 Å². The molecule has 2 aromatic rings. The van der Waals surface area contributed by atoms with E-state index in [0.717, 1.165) is 16.8 Å². The van der Waals surface area contributed by atoms with Crippen LogP contribution in [0.15, 0.2) is 36.4 Å². The van der Waals surface area contributed by atoms with E-state index in [1.165, 1.54) is 0 Å².